The zero-order chi connectivity index (χ0) is 24.7. The third kappa shape index (κ3) is 4.72. The highest BCUT2D eigenvalue weighted by atomic mass is 35.5. The molecule has 13 heteroatoms. The Kier molecular flexibility index (Phi) is 5.95. The molecule has 0 unspecified atom stereocenters. The summed E-state index contributed by atoms with van der Waals surface area (Å²) in [7, 11) is -2.31. The predicted molar refractivity (Wildman–Crippen MR) is 129 cm³/mol. The van der Waals surface area contributed by atoms with Crippen LogP contribution < -0.4 is 15.4 Å². The van der Waals surface area contributed by atoms with Gasteiger partial charge in [-0.2, -0.15) is 18.6 Å². The second-order valence-corrected chi connectivity index (χ2v) is 10.3. The third-order valence-corrected chi connectivity index (χ3v) is 7.24. The summed E-state index contributed by atoms with van der Waals surface area (Å²) in [6.45, 7) is 2.43. The van der Waals surface area contributed by atoms with Crippen molar-refractivity contribution in [2.24, 2.45) is 13.0 Å². The van der Waals surface area contributed by atoms with Crippen molar-refractivity contribution in [2.45, 2.75) is 11.6 Å². The van der Waals surface area contributed by atoms with E-state index in [2.05, 4.69) is 25.6 Å². The Hall–Kier alpha value is -3.48. The zero-order valence-corrected chi connectivity index (χ0v) is 20.1. The number of aromatic nitrogens is 4. The van der Waals surface area contributed by atoms with Crippen LogP contribution in [0.2, 0.25) is 5.02 Å². The fourth-order valence-corrected chi connectivity index (χ4v) is 5.01. The van der Waals surface area contributed by atoms with Crippen molar-refractivity contribution in [3.8, 4) is 0 Å². The maximum atomic E-state index is 13.4. The zero-order valence-electron chi connectivity index (χ0n) is 18.5. The van der Waals surface area contributed by atoms with Crippen LogP contribution in [0.4, 0.5) is 15.8 Å². The summed E-state index contributed by atoms with van der Waals surface area (Å²) in [6, 6.07) is 10.0. The molecule has 0 atom stereocenters. The van der Waals surface area contributed by atoms with Crippen molar-refractivity contribution in [3.63, 3.8) is 0 Å². The lowest BCUT2D eigenvalue weighted by Gasteiger charge is -2.26. The van der Waals surface area contributed by atoms with Gasteiger partial charge in [-0.05, 0) is 42.5 Å². The monoisotopic (exact) mass is 517 g/mol. The van der Waals surface area contributed by atoms with Gasteiger partial charge in [-0.3, -0.25) is 18.9 Å². The lowest BCUT2D eigenvalue weighted by Crippen LogP contribution is -2.44. The van der Waals surface area contributed by atoms with Gasteiger partial charge in [0.25, 0.3) is 15.9 Å². The molecule has 0 spiro atoms. The molecule has 182 valence electrons. The fourth-order valence-electron chi connectivity index (χ4n) is 3.84. The van der Waals surface area contributed by atoms with Gasteiger partial charge in [0.05, 0.1) is 16.2 Å². The first-order chi connectivity index (χ1) is 16.7. The number of hydrogen-bond acceptors (Lipinski definition) is 6. The summed E-state index contributed by atoms with van der Waals surface area (Å²) >= 11 is 5.79. The van der Waals surface area contributed by atoms with Gasteiger partial charge < -0.3 is 10.6 Å². The molecule has 0 bridgehead atoms. The maximum absolute atomic E-state index is 13.4. The number of benzene rings is 2. The minimum Gasteiger partial charge on any atom is -0.321 e. The Bertz CT molecular complexity index is 1550. The molecule has 35 heavy (non-hydrogen) atoms. The van der Waals surface area contributed by atoms with Crippen LogP contribution in [0.15, 0.2) is 53.7 Å². The first-order valence-electron chi connectivity index (χ1n) is 10.7. The number of rotatable bonds is 7. The first kappa shape index (κ1) is 23.3. The number of carbonyl (C=O) groups is 1. The van der Waals surface area contributed by atoms with E-state index in [1.165, 1.54) is 28.9 Å². The Labute approximate surface area is 205 Å². The SMILES string of the molecule is Cn1nc2cc(NS(=O)(=O)c3ccn(CC4CNC4)n3)ccc2c1C(=O)Nc1ccc(F)c(Cl)c1. The maximum Gasteiger partial charge on any atom is 0.281 e. The molecule has 1 aliphatic heterocycles. The molecule has 3 N–H and O–H groups in total. The van der Waals surface area contributed by atoms with Gasteiger partial charge in [-0.15, -0.1) is 0 Å². The lowest BCUT2D eigenvalue weighted by atomic mass is 10.0. The highest BCUT2D eigenvalue weighted by molar-refractivity contribution is 7.92. The van der Waals surface area contributed by atoms with Gasteiger partial charge in [0.1, 0.15) is 11.5 Å². The second-order valence-electron chi connectivity index (χ2n) is 8.29. The molecular weight excluding hydrogens is 497 g/mol. The number of anilines is 2. The molecular formula is C22H21ClFN7O3S. The predicted octanol–water partition coefficient (Wildman–Crippen LogP) is 2.83. The Morgan fingerprint density at radius 2 is 1.94 bits per heavy atom. The summed E-state index contributed by atoms with van der Waals surface area (Å²) in [5, 5.41) is 14.7. The average molecular weight is 518 g/mol. The van der Waals surface area contributed by atoms with Gasteiger partial charge in [0.15, 0.2) is 5.03 Å². The molecule has 2 aromatic heterocycles. The highest BCUT2D eigenvalue weighted by Crippen LogP contribution is 2.25. The van der Waals surface area contributed by atoms with Crippen LogP contribution >= 0.6 is 11.6 Å². The van der Waals surface area contributed by atoms with Gasteiger partial charge in [-0.25, -0.2) is 4.39 Å². The number of carbonyl (C=O) groups excluding carboxylic acids is 1. The summed E-state index contributed by atoms with van der Waals surface area (Å²) in [5.74, 6) is -0.623. The van der Waals surface area contributed by atoms with Crippen LogP contribution in [0.3, 0.4) is 0 Å². The number of aryl methyl sites for hydroxylation is 1. The second kappa shape index (κ2) is 8.95. The standard InChI is InChI=1S/C22H21ClFN7O3S/c1-30-21(22(32)26-14-3-5-18(24)17(23)8-14)16-4-2-15(9-19(16)27-30)29-35(33,34)20-6-7-31(28-20)12-13-10-25-11-13/h2-9,13,25,29H,10-12H2,1H3,(H,26,32). The molecule has 2 aromatic carbocycles. The summed E-state index contributed by atoms with van der Waals surface area (Å²) in [5.41, 5.74) is 1.27. The number of nitrogens with one attached hydrogen (secondary N) is 3. The molecule has 1 aliphatic rings. The summed E-state index contributed by atoms with van der Waals surface area (Å²) in [4.78, 5) is 12.9. The lowest BCUT2D eigenvalue weighted by molar-refractivity contribution is 0.101. The van der Waals surface area contributed by atoms with Crippen molar-refractivity contribution < 1.29 is 17.6 Å². The number of halogens is 2. The van der Waals surface area contributed by atoms with E-state index >= 15 is 0 Å². The minimum atomic E-state index is -3.91. The number of fused-ring (bicyclic) bond motifs is 1. The number of amides is 1. The Balaban J connectivity index is 1.35. The van der Waals surface area contributed by atoms with Crippen LogP contribution in [0.5, 0.6) is 0 Å². The molecule has 10 nitrogen and oxygen atoms in total. The van der Waals surface area contributed by atoms with Crippen molar-refractivity contribution in [2.75, 3.05) is 23.1 Å². The third-order valence-electron chi connectivity index (χ3n) is 5.68. The first-order valence-corrected chi connectivity index (χ1v) is 12.6. The van der Waals surface area contributed by atoms with Crippen molar-refractivity contribution in [1.29, 1.82) is 0 Å². The van der Waals surface area contributed by atoms with Gasteiger partial charge in [0.2, 0.25) is 0 Å². The van der Waals surface area contributed by atoms with E-state index < -0.39 is 21.7 Å². The molecule has 1 fully saturated rings. The number of sulfonamides is 1. The molecule has 0 radical (unpaired) electrons. The van der Waals surface area contributed by atoms with Crippen LogP contribution in [-0.4, -0.2) is 47.0 Å². The topological polar surface area (TPSA) is 123 Å². The van der Waals surface area contributed by atoms with E-state index in [1.54, 1.807) is 30.1 Å². The molecule has 1 saturated heterocycles. The van der Waals surface area contributed by atoms with Crippen LogP contribution in [0.1, 0.15) is 10.5 Å². The van der Waals surface area contributed by atoms with Crippen LogP contribution in [-0.2, 0) is 23.6 Å². The average Bonchev–Trinajstić information content (AvgIpc) is 3.37. The van der Waals surface area contributed by atoms with Gasteiger partial charge in [0, 0.05) is 49.9 Å². The van der Waals surface area contributed by atoms with Crippen LogP contribution in [0.25, 0.3) is 10.9 Å². The molecule has 4 aromatic rings. The molecule has 5 rings (SSSR count). The Morgan fingerprint density at radius 1 is 1.17 bits per heavy atom. The van der Waals surface area contributed by atoms with E-state index in [0.717, 1.165) is 19.2 Å². The molecule has 1 amide bonds. The largest absolute Gasteiger partial charge is 0.321 e. The molecule has 3 heterocycles. The summed E-state index contributed by atoms with van der Waals surface area (Å²) in [6.07, 6.45) is 1.65. The van der Waals surface area contributed by atoms with E-state index in [0.29, 0.717) is 29.1 Å². The van der Waals surface area contributed by atoms with Gasteiger partial charge in [-0.1, -0.05) is 11.6 Å². The van der Waals surface area contributed by atoms with E-state index in [-0.39, 0.29) is 21.4 Å². The van der Waals surface area contributed by atoms with E-state index in [4.69, 9.17) is 11.6 Å². The van der Waals surface area contributed by atoms with E-state index in [9.17, 15) is 17.6 Å². The Morgan fingerprint density at radius 3 is 2.66 bits per heavy atom. The van der Waals surface area contributed by atoms with Crippen molar-refractivity contribution >= 4 is 49.8 Å². The molecule has 0 aliphatic carbocycles. The fraction of sp³-hybridized carbons (Fsp3) is 0.227. The van der Waals surface area contributed by atoms with Gasteiger partial charge >= 0.3 is 0 Å². The quantitative estimate of drug-likeness (QED) is 0.346. The minimum absolute atomic E-state index is 0.0797. The van der Waals surface area contributed by atoms with Crippen molar-refractivity contribution in [1.82, 2.24) is 24.9 Å². The summed E-state index contributed by atoms with van der Waals surface area (Å²) < 4.78 is 44.6. The molecule has 0 saturated carbocycles. The van der Waals surface area contributed by atoms with Crippen LogP contribution in [0, 0.1) is 11.7 Å². The number of nitrogens with zero attached hydrogens (tertiary/aromatic N) is 4. The number of hydrogen-bond donors (Lipinski definition) is 3. The van der Waals surface area contributed by atoms with E-state index in [1.807, 2.05) is 0 Å². The smallest absolute Gasteiger partial charge is 0.281 e. The highest BCUT2D eigenvalue weighted by Gasteiger charge is 2.22. The normalized spacial score (nSPS) is 14.1. The van der Waals surface area contributed by atoms with Crippen molar-refractivity contribution in [3.05, 3.63) is 65.2 Å².